The zero-order valence-corrected chi connectivity index (χ0v) is 11.1. The summed E-state index contributed by atoms with van der Waals surface area (Å²) in [6.07, 6.45) is 2.99. The Labute approximate surface area is 110 Å². The average molecular weight is 257 g/mol. The van der Waals surface area contributed by atoms with Crippen molar-refractivity contribution < 1.29 is 0 Å². The molecule has 0 amide bonds. The Morgan fingerprint density at radius 3 is 2.78 bits per heavy atom. The lowest BCUT2D eigenvalue weighted by Crippen LogP contribution is -2.05. The van der Waals surface area contributed by atoms with Gasteiger partial charge in [-0.25, -0.2) is 4.98 Å². The second kappa shape index (κ2) is 4.55. The van der Waals surface area contributed by atoms with Crippen LogP contribution in [0, 0.1) is 6.92 Å². The quantitative estimate of drug-likeness (QED) is 0.784. The predicted octanol–water partition coefficient (Wildman–Crippen LogP) is 2.87. The molecule has 0 fully saturated rings. The lowest BCUT2D eigenvalue weighted by molar-refractivity contribution is 0.910. The fraction of sp³-hybridized carbons (Fsp3) is 0.214. The van der Waals surface area contributed by atoms with E-state index >= 15 is 0 Å². The Morgan fingerprint density at radius 2 is 2.06 bits per heavy atom. The molecule has 3 nitrogen and oxygen atoms in total. The molecule has 2 aromatic heterocycles. The van der Waals surface area contributed by atoms with Crippen LogP contribution >= 0.6 is 11.3 Å². The molecule has 0 radical (unpaired) electrons. The molecule has 3 rings (SSSR count). The van der Waals surface area contributed by atoms with Crippen molar-refractivity contribution in [2.24, 2.45) is 5.73 Å². The number of rotatable bonds is 3. The molecule has 0 unspecified atom stereocenters. The third-order valence-electron chi connectivity index (χ3n) is 2.97. The van der Waals surface area contributed by atoms with Gasteiger partial charge < -0.3 is 5.73 Å². The van der Waals surface area contributed by atoms with Crippen LogP contribution in [0.15, 0.2) is 36.5 Å². The minimum Gasteiger partial charge on any atom is -0.330 e. The molecule has 1 aromatic carbocycles. The summed E-state index contributed by atoms with van der Waals surface area (Å²) in [6, 6.07) is 10.3. The van der Waals surface area contributed by atoms with Crippen molar-refractivity contribution in [3.8, 4) is 11.3 Å². The number of aryl methyl sites for hydroxylation is 1. The number of hydrogen-bond donors (Lipinski definition) is 1. The highest BCUT2D eigenvalue weighted by Crippen LogP contribution is 2.28. The molecule has 0 bridgehead atoms. The van der Waals surface area contributed by atoms with E-state index in [1.165, 1.54) is 10.6 Å². The molecule has 0 saturated heterocycles. The number of fused-ring (bicyclic) bond motifs is 1. The molecule has 18 heavy (non-hydrogen) atoms. The van der Waals surface area contributed by atoms with Gasteiger partial charge in [0.15, 0.2) is 4.96 Å². The van der Waals surface area contributed by atoms with Crippen molar-refractivity contribution in [2.45, 2.75) is 13.3 Å². The Bertz CT molecular complexity index is 667. The van der Waals surface area contributed by atoms with E-state index in [4.69, 9.17) is 10.7 Å². The zero-order chi connectivity index (χ0) is 12.5. The van der Waals surface area contributed by atoms with Gasteiger partial charge in [-0.15, -0.1) is 11.3 Å². The van der Waals surface area contributed by atoms with Crippen molar-refractivity contribution in [2.75, 3.05) is 6.54 Å². The van der Waals surface area contributed by atoms with E-state index in [9.17, 15) is 0 Å². The highest BCUT2D eigenvalue weighted by atomic mass is 32.1. The molecule has 3 aromatic rings. The molecule has 0 aliphatic heterocycles. The molecule has 2 heterocycles. The highest BCUT2D eigenvalue weighted by Gasteiger charge is 2.14. The van der Waals surface area contributed by atoms with Crippen LogP contribution < -0.4 is 5.73 Å². The molecular weight excluding hydrogens is 242 g/mol. The third-order valence-corrected chi connectivity index (χ3v) is 3.87. The van der Waals surface area contributed by atoms with Gasteiger partial charge in [-0.3, -0.25) is 4.40 Å². The van der Waals surface area contributed by atoms with Gasteiger partial charge in [-0.2, -0.15) is 0 Å². The molecule has 0 saturated carbocycles. The lowest BCUT2D eigenvalue weighted by Gasteiger charge is -2.02. The highest BCUT2D eigenvalue weighted by molar-refractivity contribution is 7.17. The monoisotopic (exact) mass is 257 g/mol. The molecule has 0 aliphatic rings. The molecule has 0 aliphatic carbocycles. The minimum absolute atomic E-state index is 0.641. The molecule has 92 valence electrons. The maximum Gasteiger partial charge on any atom is 0.194 e. The van der Waals surface area contributed by atoms with Gasteiger partial charge >= 0.3 is 0 Å². The number of hydrogen-bond acceptors (Lipinski definition) is 3. The van der Waals surface area contributed by atoms with Crippen molar-refractivity contribution in [3.63, 3.8) is 0 Å². The summed E-state index contributed by atoms with van der Waals surface area (Å²) in [7, 11) is 0. The number of aromatic nitrogens is 2. The Balaban J connectivity index is 2.22. The maximum atomic E-state index is 5.73. The van der Waals surface area contributed by atoms with Crippen LogP contribution in [0.1, 0.15) is 10.6 Å². The van der Waals surface area contributed by atoms with Gasteiger partial charge in [0.1, 0.15) is 0 Å². The number of nitrogens with two attached hydrogens (primary N) is 1. The Hall–Kier alpha value is -1.65. The summed E-state index contributed by atoms with van der Waals surface area (Å²) in [6.45, 7) is 2.75. The van der Waals surface area contributed by atoms with Crippen molar-refractivity contribution in [3.05, 3.63) is 47.1 Å². The first-order valence-electron chi connectivity index (χ1n) is 6.02. The van der Waals surface area contributed by atoms with Gasteiger partial charge in [0.05, 0.1) is 11.4 Å². The second-order valence-electron chi connectivity index (χ2n) is 4.31. The number of thiazole rings is 1. The van der Waals surface area contributed by atoms with Crippen LogP contribution in [0.3, 0.4) is 0 Å². The van der Waals surface area contributed by atoms with Gasteiger partial charge in [-0.1, -0.05) is 30.3 Å². The standard InChI is InChI=1S/C14H15N3S/c1-10-9-17-12(7-8-15)13(16-14(17)18-10)11-5-3-2-4-6-11/h2-6,9H,7-8,15H2,1H3. The van der Waals surface area contributed by atoms with Crippen molar-refractivity contribution in [1.29, 1.82) is 0 Å². The SMILES string of the molecule is Cc1cn2c(CCN)c(-c3ccccc3)nc2s1. The fourth-order valence-electron chi connectivity index (χ4n) is 2.20. The normalized spacial score (nSPS) is 11.2. The average Bonchev–Trinajstić information content (AvgIpc) is 2.89. The molecule has 4 heteroatoms. The number of imidazole rings is 1. The van der Waals surface area contributed by atoms with Crippen LogP contribution in [-0.2, 0) is 6.42 Å². The first-order chi connectivity index (χ1) is 8.79. The lowest BCUT2D eigenvalue weighted by atomic mass is 10.1. The molecule has 2 N–H and O–H groups in total. The summed E-state index contributed by atoms with van der Waals surface area (Å²) in [5.74, 6) is 0. The van der Waals surface area contributed by atoms with E-state index in [1.807, 2.05) is 18.2 Å². The van der Waals surface area contributed by atoms with E-state index in [-0.39, 0.29) is 0 Å². The van der Waals surface area contributed by atoms with Crippen LogP contribution in [0.25, 0.3) is 16.2 Å². The van der Waals surface area contributed by atoms with E-state index in [2.05, 4.69) is 29.7 Å². The molecule has 0 spiro atoms. The third kappa shape index (κ3) is 1.83. The zero-order valence-electron chi connectivity index (χ0n) is 10.3. The molecule has 0 atom stereocenters. The van der Waals surface area contributed by atoms with Gasteiger partial charge in [0.25, 0.3) is 0 Å². The maximum absolute atomic E-state index is 5.73. The van der Waals surface area contributed by atoms with Crippen LogP contribution in [0.4, 0.5) is 0 Å². The minimum atomic E-state index is 0.641. The summed E-state index contributed by atoms with van der Waals surface area (Å²) >= 11 is 1.72. The first kappa shape index (κ1) is 11.4. The van der Waals surface area contributed by atoms with Crippen LogP contribution in [0.2, 0.25) is 0 Å². The van der Waals surface area contributed by atoms with E-state index in [0.29, 0.717) is 6.54 Å². The van der Waals surface area contributed by atoms with E-state index < -0.39 is 0 Å². The van der Waals surface area contributed by atoms with Gasteiger partial charge in [0, 0.05) is 23.1 Å². The summed E-state index contributed by atoms with van der Waals surface area (Å²) < 4.78 is 2.18. The fourth-order valence-corrected chi connectivity index (χ4v) is 3.05. The second-order valence-corrected chi connectivity index (χ2v) is 5.52. The predicted molar refractivity (Wildman–Crippen MR) is 76.0 cm³/mol. The van der Waals surface area contributed by atoms with Crippen LogP contribution in [-0.4, -0.2) is 15.9 Å². The van der Waals surface area contributed by atoms with Crippen molar-refractivity contribution >= 4 is 16.3 Å². The topological polar surface area (TPSA) is 43.3 Å². The smallest absolute Gasteiger partial charge is 0.194 e. The van der Waals surface area contributed by atoms with Crippen LogP contribution in [0.5, 0.6) is 0 Å². The van der Waals surface area contributed by atoms with E-state index in [1.54, 1.807) is 11.3 Å². The Kier molecular flexibility index (Phi) is 2.89. The number of nitrogens with zero attached hydrogens (tertiary/aromatic N) is 2. The largest absolute Gasteiger partial charge is 0.330 e. The van der Waals surface area contributed by atoms with Gasteiger partial charge in [-0.05, 0) is 13.5 Å². The molecular formula is C14H15N3S. The van der Waals surface area contributed by atoms with Crippen molar-refractivity contribution in [1.82, 2.24) is 9.38 Å². The summed E-state index contributed by atoms with van der Waals surface area (Å²) in [5, 5.41) is 0. The summed E-state index contributed by atoms with van der Waals surface area (Å²) in [4.78, 5) is 7.07. The number of benzene rings is 1. The summed E-state index contributed by atoms with van der Waals surface area (Å²) in [5.41, 5.74) is 9.16. The Morgan fingerprint density at radius 1 is 1.28 bits per heavy atom. The first-order valence-corrected chi connectivity index (χ1v) is 6.84. The van der Waals surface area contributed by atoms with Gasteiger partial charge in [0.2, 0.25) is 0 Å². The van der Waals surface area contributed by atoms with E-state index in [0.717, 1.165) is 22.6 Å².